The first-order valence-corrected chi connectivity index (χ1v) is 5.74. The first kappa shape index (κ1) is 12.9. The second kappa shape index (κ2) is 5.39. The van der Waals surface area contributed by atoms with Gasteiger partial charge in [-0.15, -0.1) is 0 Å². The van der Waals surface area contributed by atoms with Crippen LogP contribution in [0.25, 0.3) is 0 Å². The van der Waals surface area contributed by atoms with E-state index >= 15 is 0 Å². The second-order valence-corrected chi connectivity index (χ2v) is 4.02. The molecule has 0 aliphatic rings. The summed E-state index contributed by atoms with van der Waals surface area (Å²) in [6, 6.07) is 10.9. The van der Waals surface area contributed by atoms with E-state index in [-0.39, 0.29) is 11.7 Å². The molecule has 0 fully saturated rings. The Balaban J connectivity index is 2.38. The summed E-state index contributed by atoms with van der Waals surface area (Å²) in [5.41, 5.74) is 7.76. The van der Waals surface area contributed by atoms with Crippen LogP contribution in [0.15, 0.2) is 42.5 Å². The maximum absolute atomic E-state index is 13.1. The molecule has 0 spiro atoms. The fourth-order valence-corrected chi connectivity index (χ4v) is 1.72. The van der Waals surface area contributed by atoms with Crippen LogP contribution in [-0.4, -0.2) is 13.0 Å². The number of hydrogen-bond acceptors (Lipinski definition) is 3. The van der Waals surface area contributed by atoms with Gasteiger partial charge in [0.2, 0.25) is 0 Å². The van der Waals surface area contributed by atoms with E-state index in [1.165, 1.54) is 12.1 Å². The van der Waals surface area contributed by atoms with E-state index in [9.17, 15) is 9.18 Å². The third-order valence-electron chi connectivity index (χ3n) is 2.62. The van der Waals surface area contributed by atoms with E-state index in [0.717, 1.165) is 0 Å². The van der Waals surface area contributed by atoms with Gasteiger partial charge in [0, 0.05) is 18.4 Å². The Bertz CT molecular complexity index is 613. The molecule has 0 bridgehead atoms. The van der Waals surface area contributed by atoms with Gasteiger partial charge in [-0.25, -0.2) is 4.39 Å². The van der Waals surface area contributed by atoms with E-state index in [0.29, 0.717) is 22.6 Å². The SMILES string of the molecule is CNC(=O)c1ccc(N)cc1Nc1cccc(F)c1. The Labute approximate surface area is 110 Å². The molecule has 0 aromatic heterocycles. The average molecular weight is 259 g/mol. The van der Waals surface area contributed by atoms with Crippen LogP contribution in [0.5, 0.6) is 0 Å². The number of carbonyl (C=O) groups is 1. The van der Waals surface area contributed by atoms with Gasteiger partial charge in [-0.05, 0) is 36.4 Å². The lowest BCUT2D eigenvalue weighted by Gasteiger charge is -2.12. The molecule has 2 aromatic carbocycles. The van der Waals surface area contributed by atoms with Gasteiger partial charge in [0.15, 0.2) is 0 Å². The van der Waals surface area contributed by atoms with Crippen LogP contribution < -0.4 is 16.4 Å². The monoisotopic (exact) mass is 259 g/mol. The zero-order valence-electron chi connectivity index (χ0n) is 10.4. The fraction of sp³-hybridized carbons (Fsp3) is 0.0714. The lowest BCUT2D eigenvalue weighted by molar-refractivity contribution is 0.0964. The van der Waals surface area contributed by atoms with Crippen LogP contribution in [-0.2, 0) is 0 Å². The Morgan fingerprint density at radius 3 is 2.68 bits per heavy atom. The van der Waals surface area contributed by atoms with Crippen LogP contribution in [0.4, 0.5) is 21.5 Å². The molecule has 0 atom stereocenters. The van der Waals surface area contributed by atoms with E-state index < -0.39 is 0 Å². The maximum Gasteiger partial charge on any atom is 0.253 e. The smallest absolute Gasteiger partial charge is 0.253 e. The molecule has 2 aromatic rings. The van der Waals surface area contributed by atoms with Crippen molar-refractivity contribution in [3.05, 3.63) is 53.8 Å². The van der Waals surface area contributed by atoms with E-state index in [1.54, 1.807) is 37.4 Å². The highest BCUT2D eigenvalue weighted by Crippen LogP contribution is 2.24. The quantitative estimate of drug-likeness (QED) is 0.742. The van der Waals surface area contributed by atoms with Gasteiger partial charge in [-0.1, -0.05) is 6.07 Å². The third-order valence-corrected chi connectivity index (χ3v) is 2.62. The molecule has 98 valence electrons. The Morgan fingerprint density at radius 1 is 1.21 bits per heavy atom. The minimum atomic E-state index is -0.351. The Hall–Kier alpha value is -2.56. The van der Waals surface area contributed by atoms with Crippen molar-refractivity contribution < 1.29 is 9.18 Å². The maximum atomic E-state index is 13.1. The number of carbonyl (C=O) groups excluding carboxylic acids is 1. The zero-order valence-corrected chi connectivity index (χ0v) is 10.4. The van der Waals surface area contributed by atoms with E-state index in [1.807, 2.05) is 0 Å². The van der Waals surface area contributed by atoms with E-state index in [4.69, 9.17) is 5.73 Å². The number of amides is 1. The first-order chi connectivity index (χ1) is 9.10. The second-order valence-electron chi connectivity index (χ2n) is 4.02. The van der Waals surface area contributed by atoms with Gasteiger partial charge >= 0.3 is 0 Å². The molecule has 0 saturated carbocycles. The molecule has 4 N–H and O–H groups in total. The van der Waals surface area contributed by atoms with Gasteiger partial charge in [0.25, 0.3) is 5.91 Å². The summed E-state index contributed by atoms with van der Waals surface area (Å²) < 4.78 is 13.1. The molecule has 1 amide bonds. The van der Waals surface area contributed by atoms with Crippen molar-refractivity contribution in [3.8, 4) is 0 Å². The summed E-state index contributed by atoms with van der Waals surface area (Å²) >= 11 is 0. The molecule has 2 rings (SSSR count). The Morgan fingerprint density at radius 2 is 2.00 bits per heavy atom. The topological polar surface area (TPSA) is 67.2 Å². The number of halogens is 1. The largest absolute Gasteiger partial charge is 0.399 e. The molecule has 0 heterocycles. The molecule has 5 heteroatoms. The van der Waals surface area contributed by atoms with Gasteiger partial charge in [0.1, 0.15) is 5.82 Å². The van der Waals surface area contributed by atoms with Crippen LogP contribution in [0, 0.1) is 5.82 Å². The van der Waals surface area contributed by atoms with Gasteiger partial charge in [0.05, 0.1) is 11.3 Å². The highest BCUT2D eigenvalue weighted by atomic mass is 19.1. The molecule has 4 nitrogen and oxygen atoms in total. The van der Waals surface area contributed by atoms with Crippen LogP contribution >= 0.6 is 0 Å². The number of nitrogens with one attached hydrogen (secondary N) is 2. The predicted octanol–water partition coefficient (Wildman–Crippen LogP) is 2.51. The summed E-state index contributed by atoms with van der Waals surface area (Å²) in [6.45, 7) is 0. The normalized spacial score (nSPS) is 10.0. The molecule has 0 radical (unpaired) electrons. The highest BCUT2D eigenvalue weighted by molar-refractivity contribution is 6.00. The average Bonchev–Trinajstić information content (AvgIpc) is 2.38. The molecule has 0 aliphatic carbocycles. The number of nitrogen functional groups attached to an aromatic ring is 1. The number of anilines is 3. The number of hydrogen-bond donors (Lipinski definition) is 3. The van der Waals surface area contributed by atoms with Gasteiger partial charge in [-0.2, -0.15) is 0 Å². The zero-order chi connectivity index (χ0) is 13.8. The van der Waals surface area contributed by atoms with Crippen molar-refractivity contribution in [2.24, 2.45) is 0 Å². The van der Waals surface area contributed by atoms with Crippen molar-refractivity contribution in [1.82, 2.24) is 5.32 Å². The lowest BCUT2D eigenvalue weighted by atomic mass is 10.1. The van der Waals surface area contributed by atoms with Crippen molar-refractivity contribution in [1.29, 1.82) is 0 Å². The lowest BCUT2D eigenvalue weighted by Crippen LogP contribution is -2.19. The predicted molar refractivity (Wildman–Crippen MR) is 73.9 cm³/mol. The molecule has 0 aliphatic heterocycles. The summed E-state index contributed by atoms with van der Waals surface area (Å²) in [6.07, 6.45) is 0. The molecular weight excluding hydrogens is 245 g/mol. The standard InChI is InChI=1S/C14H14FN3O/c1-17-14(19)12-6-5-10(16)8-13(12)18-11-4-2-3-9(15)7-11/h2-8,18H,16H2,1H3,(H,17,19). The minimum Gasteiger partial charge on any atom is -0.399 e. The summed E-state index contributed by atoms with van der Waals surface area (Å²) in [7, 11) is 1.55. The fourth-order valence-electron chi connectivity index (χ4n) is 1.72. The van der Waals surface area contributed by atoms with E-state index in [2.05, 4.69) is 10.6 Å². The van der Waals surface area contributed by atoms with Crippen molar-refractivity contribution in [2.75, 3.05) is 18.1 Å². The van der Waals surface area contributed by atoms with Crippen LogP contribution in [0.3, 0.4) is 0 Å². The number of benzene rings is 2. The molecular formula is C14H14FN3O. The minimum absolute atomic E-state index is 0.237. The Kier molecular flexibility index (Phi) is 3.66. The summed E-state index contributed by atoms with van der Waals surface area (Å²) in [5.74, 6) is -0.589. The van der Waals surface area contributed by atoms with Crippen LogP contribution in [0.2, 0.25) is 0 Å². The van der Waals surface area contributed by atoms with Gasteiger partial charge in [-0.3, -0.25) is 4.79 Å². The summed E-state index contributed by atoms with van der Waals surface area (Å²) in [4.78, 5) is 11.7. The third kappa shape index (κ3) is 3.01. The van der Waals surface area contributed by atoms with Crippen molar-refractivity contribution in [2.45, 2.75) is 0 Å². The summed E-state index contributed by atoms with van der Waals surface area (Å²) in [5, 5.41) is 5.53. The molecule has 19 heavy (non-hydrogen) atoms. The molecule has 0 unspecified atom stereocenters. The van der Waals surface area contributed by atoms with Gasteiger partial charge < -0.3 is 16.4 Å². The van der Waals surface area contributed by atoms with Crippen molar-refractivity contribution in [3.63, 3.8) is 0 Å². The van der Waals surface area contributed by atoms with Crippen molar-refractivity contribution >= 4 is 23.0 Å². The number of nitrogens with two attached hydrogens (primary N) is 1. The molecule has 0 saturated heterocycles. The first-order valence-electron chi connectivity index (χ1n) is 5.74. The van der Waals surface area contributed by atoms with Crippen LogP contribution in [0.1, 0.15) is 10.4 Å². The number of rotatable bonds is 3. The highest BCUT2D eigenvalue weighted by Gasteiger charge is 2.10.